The van der Waals surface area contributed by atoms with Gasteiger partial charge in [-0.05, 0) is 19.9 Å². The van der Waals surface area contributed by atoms with Gasteiger partial charge in [0.1, 0.15) is 6.33 Å². The van der Waals surface area contributed by atoms with Gasteiger partial charge in [-0.2, -0.15) is 0 Å². The van der Waals surface area contributed by atoms with E-state index in [2.05, 4.69) is 15.0 Å². The third-order valence-electron chi connectivity index (χ3n) is 3.16. The maximum absolute atomic E-state index is 11.7. The summed E-state index contributed by atoms with van der Waals surface area (Å²) in [6.45, 7) is 8.05. The van der Waals surface area contributed by atoms with Crippen molar-refractivity contribution in [3.8, 4) is 5.95 Å². The Kier molecular flexibility index (Phi) is 4.35. The van der Waals surface area contributed by atoms with Gasteiger partial charge in [0.15, 0.2) is 0 Å². The lowest BCUT2D eigenvalue weighted by Gasteiger charge is -2.23. The summed E-state index contributed by atoms with van der Waals surface area (Å²) in [5, 5.41) is 0. The zero-order valence-electron chi connectivity index (χ0n) is 12.8. The highest BCUT2D eigenvalue weighted by molar-refractivity contribution is 5.71. The molecule has 2 aromatic rings. The molecule has 0 N–H and O–H groups in total. The molecule has 6 nitrogen and oxygen atoms in total. The number of aromatic nitrogens is 4. The maximum Gasteiger partial charge on any atom is 0.306 e. The van der Waals surface area contributed by atoms with Crippen LogP contribution >= 0.6 is 0 Å². The van der Waals surface area contributed by atoms with Gasteiger partial charge in [0.25, 0.3) is 0 Å². The van der Waals surface area contributed by atoms with E-state index in [1.807, 2.05) is 26.8 Å². The number of hydrogen-bond donors (Lipinski definition) is 0. The van der Waals surface area contributed by atoms with E-state index in [1.165, 1.54) is 0 Å². The van der Waals surface area contributed by atoms with Crippen LogP contribution in [0.4, 0.5) is 0 Å². The Bertz CT molecular complexity index is 621. The first-order chi connectivity index (χ1) is 9.92. The molecule has 6 heteroatoms. The fraction of sp³-hybridized carbons (Fsp3) is 0.467. The molecule has 112 valence electrons. The molecule has 21 heavy (non-hydrogen) atoms. The maximum atomic E-state index is 11.7. The average molecular weight is 288 g/mol. The van der Waals surface area contributed by atoms with Crippen LogP contribution in [0.15, 0.2) is 24.8 Å². The summed E-state index contributed by atoms with van der Waals surface area (Å²) < 4.78 is 6.78. The summed E-state index contributed by atoms with van der Waals surface area (Å²) in [6.07, 6.45) is 5.39. The van der Waals surface area contributed by atoms with Crippen LogP contribution in [0.2, 0.25) is 0 Å². The Labute approximate surface area is 124 Å². The number of hydrogen-bond acceptors (Lipinski definition) is 5. The smallest absolute Gasteiger partial charge is 0.306 e. The highest BCUT2D eigenvalue weighted by Gasteiger charge is 2.27. The third kappa shape index (κ3) is 3.65. The first kappa shape index (κ1) is 15.2. The molecule has 2 rings (SSSR count). The van der Waals surface area contributed by atoms with Crippen molar-refractivity contribution < 1.29 is 9.53 Å². The Hall–Kier alpha value is -2.24. The van der Waals surface area contributed by atoms with E-state index >= 15 is 0 Å². The highest BCUT2D eigenvalue weighted by Crippen LogP contribution is 2.26. The number of ether oxygens (including phenoxy) is 1. The molecule has 2 heterocycles. The van der Waals surface area contributed by atoms with Crippen molar-refractivity contribution in [3.05, 3.63) is 36.2 Å². The van der Waals surface area contributed by atoms with Gasteiger partial charge in [0, 0.05) is 23.5 Å². The molecule has 0 aliphatic carbocycles. The summed E-state index contributed by atoms with van der Waals surface area (Å²) >= 11 is 0. The molecule has 0 bridgehead atoms. The van der Waals surface area contributed by atoms with Crippen molar-refractivity contribution >= 4 is 5.97 Å². The van der Waals surface area contributed by atoms with Crippen molar-refractivity contribution in [1.29, 1.82) is 0 Å². The Morgan fingerprint density at radius 1 is 1.38 bits per heavy atom. The molecule has 0 aliphatic rings. The van der Waals surface area contributed by atoms with E-state index in [9.17, 15) is 4.79 Å². The minimum absolute atomic E-state index is 0.219. The summed E-state index contributed by atoms with van der Waals surface area (Å²) in [5.41, 5.74) is 1.24. The summed E-state index contributed by atoms with van der Waals surface area (Å²) in [6, 6.07) is 1.90. The second-order valence-electron chi connectivity index (χ2n) is 5.53. The van der Waals surface area contributed by atoms with Crippen molar-refractivity contribution in [3.63, 3.8) is 0 Å². The first-order valence-corrected chi connectivity index (χ1v) is 6.92. The van der Waals surface area contributed by atoms with Crippen molar-refractivity contribution in [2.24, 2.45) is 0 Å². The summed E-state index contributed by atoms with van der Waals surface area (Å²) in [5.74, 6) is 0.336. The van der Waals surface area contributed by atoms with E-state index in [0.717, 1.165) is 11.4 Å². The Balaban J connectivity index is 2.32. The van der Waals surface area contributed by atoms with E-state index in [0.29, 0.717) is 12.6 Å². The van der Waals surface area contributed by atoms with Crippen molar-refractivity contribution in [1.82, 2.24) is 19.5 Å². The van der Waals surface area contributed by atoms with Gasteiger partial charge in [-0.3, -0.25) is 9.36 Å². The second-order valence-corrected chi connectivity index (χ2v) is 5.53. The molecule has 0 radical (unpaired) electrons. The lowest BCUT2D eigenvalue weighted by atomic mass is 9.85. The number of carbonyl (C=O) groups is 1. The second kappa shape index (κ2) is 6.03. The molecule has 0 saturated heterocycles. The minimum atomic E-state index is -0.421. The van der Waals surface area contributed by atoms with E-state index in [1.54, 1.807) is 30.2 Å². The van der Waals surface area contributed by atoms with Gasteiger partial charge in [-0.1, -0.05) is 13.8 Å². The van der Waals surface area contributed by atoms with Gasteiger partial charge in [0.05, 0.1) is 18.7 Å². The molecule has 0 spiro atoms. The lowest BCUT2D eigenvalue weighted by Crippen LogP contribution is -2.25. The predicted molar refractivity (Wildman–Crippen MR) is 78.2 cm³/mol. The van der Waals surface area contributed by atoms with Crippen LogP contribution in [0.25, 0.3) is 5.95 Å². The molecule has 0 aromatic carbocycles. The number of carbonyl (C=O) groups excluding carboxylic acids is 1. The van der Waals surface area contributed by atoms with Crippen LogP contribution in [0.5, 0.6) is 0 Å². The molecule has 0 aliphatic heterocycles. The Morgan fingerprint density at radius 3 is 2.76 bits per heavy atom. The van der Waals surface area contributed by atoms with Gasteiger partial charge in [-0.25, -0.2) is 15.0 Å². The zero-order valence-corrected chi connectivity index (χ0v) is 12.8. The molecule has 0 unspecified atom stereocenters. The molecule has 0 amide bonds. The number of aryl methyl sites for hydroxylation is 1. The number of esters is 1. The number of nitrogens with zero attached hydrogens (tertiary/aromatic N) is 4. The molecule has 0 fully saturated rings. The number of imidazole rings is 1. The van der Waals surface area contributed by atoms with Gasteiger partial charge < -0.3 is 4.74 Å². The first-order valence-electron chi connectivity index (χ1n) is 6.92. The van der Waals surface area contributed by atoms with Gasteiger partial charge >= 0.3 is 5.97 Å². The van der Waals surface area contributed by atoms with Crippen LogP contribution in [0.3, 0.4) is 0 Å². The summed E-state index contributed by atoms with van der Waals surface area (Å²) in [7, 11) is 0. The molecule has 0 saturated carbocycles. The quantitative estimate of drug-likeness (QED) is 0.789. The standard InChI is InChI=1S/C15H20N4O2/c1-5-21-13(20)9-15(3,4)12-8-11(2)17-14(18-12)19-7-6-16-10-19/h6-8,10H,5,9H2,1-4H3. The molecular weight excluding hydrogens is 268 g/mol. The molecular formula is C15H20N4O2. The summed E-state index contributed by atoms with van der Waals surface area (Å²) in [4.78, 5) is 24.7. The highest BCUT2D eigenvalue weighted by atomic mass is 16.5. The van der Waals surface area contributed by atoms with Gasteiger partial charge in [-0.15, -0.1) is 0 Å². The third-order valence-corrected chi connectivity index (χ3v) is 3.16. The minimum Gasteiger partial charge on any atom is -0.466 e. The molecule has 0 atom stereocenters. The van der Waals surface area contributed by atoms with Crippen LogP contribution < -0.4 is 0 Å². The van der Waals surface area contributed by atoms with Crippen LogP contribution in [0.1, 0.15) is 38.6 Å². The fourth-order valence-corrected chi connectivity index (χ4v) is 2.06. The normalized spacial score (nSPS) is 11.4. The van der Waals surface area contributed by atoms with Crippen LogP contribution in [-0.2, 0) is 14.9 Å². The van der Waals surface area contributed by atoms with Gasteiger partial charge in [0.2, 0.25) is 5.95 Å². The topological polar surface area (TPSA) is 69.9 Å². The average Bonchev–Trinajstić information content (AvgIpc) is 2.91. The zero-order chi connectivity index (χ0) is 15.5. The SMILES string of the molecule is CCOC(=O)CC(C)(C)c1cc(C)nc(-n2ccnc2)n1. The lowest BCUT2D eigenvalue weighted by molar-refractivity contribution is -0.144. The van der Waals surface area contributed by atoms with Crippen LogP contribution in [0, 0.1) is 6.92 Å². The van der Waals surface area contributed by atoms with E-state index in [-0.39, 0.29) is 12.4 Å². The van der Waals surface area contributed by atoms with Crippen LogP contribution in [-0.4, -0.2) is 32.1 Å². The number of rotatable bonds is 5. The van der Waals surface area contributed by atoms with E-state index < -0.39 is 5.41 Å². The monoisotopic (exact) mass is 288 g/mol. The van der Waals surface area contributed by atoms with Crippen molar-refractivity contribution in [2.45, 2.75) is 39.5 Å². The fourth-order valence-electron chi connectivity index (χ4n) is 2.06. The Morgan fingerprint density at radius 2 is 2.14 bits per heavy atom. The molecule has 2 aromatic heterocycles. The van der Waals surface area contributed by atoms with Crippen molar-refractivity contribution in [2.75, 3.05) is 6.61 Å². The van der Waals surface area contributed by atoms with E-state index in [4.69, 9.17) is 4.74 Å². The predicted octanol–water partition coefficient (Wildman–Crippen LogP) is 2.20. The largest absolute Gasteiger partial charge is 0.466 e.